The van der Waals surface area contributed by atoms with E-state index in [-0.39, 0.29) is 30.0 Å². The molecule has 166 valence electrons. The zero-order valence-electron chi connectivity index (χ0n) is 17.7. The predicted octanol–water partition coefficient (Wildman–Crippen LogP) is 4.54. The maximum atomic E-state index is 13.1. The van der Waals surface area contributed by atoms with Gasteiger partial charge < -0.3 is 20.3 Å². The number of anilines is 4. The SMILES string of the molecule is CCOc1ccccc1Nc1nnc(SCC(=O)N2c3ccccc3NC(=O)CC2C)s1. The summed E-state index contributed by atoms with van der Waals surface area (Å²) in [5.41, 5.74) is 2.17. The fourth-order valence-corrected chi connectivity index (χ4v) is 5.07. The Hall–Kier alpha value is -3.11. The van der Waals surface area contributed by atoms with Crippen LogP contribution >= 0.6 is 23.1 Å². The highest BCUT2D eigenvalue weighted by Gasteiger charge is 2.29. The Balaban J connectivity index is 1.43. The van der Waals surface area contributed by atoms with Crippen molar-refractivity contribution in [1.29, 1.82) is 0 Å². The van der Waals surface area contributed by atoms with Crippen LogP contribution in [0.3, 0.4) is 0 Å². The lowest BCUT2D eigenvalue weighted by Crippen LogP contribution is -2.40. The summed E-state index contributed by atoms with van der Waals surface area (Å²) < 4.78 is 6.31. The molecule has 8 nitrogen and oxygen atoms in total. The third-order valence-corrected chi connectivity index (χ3v) is 6.74. The van der Waals surface area contributed by atoms with Crippen molar-refractivity contribution in [2.75, 3.05) is 27.9 Å². The molecule has 0 saturated carbocycles. The second-order valence-electron chi connectivity index (χ2n) is 7.10. The number of thioether (sulfide) groups is 1. The Kier molecular flexibility index (Phi) is 6.91. The quantitative estimate of drug-likeness (QED) is 0.491. The Labute approximate surface area is 194 Å². The second-order valence-corrected chi connectivity index (χ2v) is 9.30. The minimum Gasteiger partial charge on any atom is -0.492 e. The first-order valence-electron chi connectivity index (χ1n) is 10.2. The number of ether oxygens (including phenoxy) is 1. The maximum Gasteiger partial charge on any atom is 0.237 e. The van der Waals surface area contributed by atoms with Crippen LogP contribution in [-0.2, 0) is 9.59 Å². The Bertz CT molecular complexity index is 1120. The number of nitrogens with one attached hydrogen (secondary N) is 2. The van der Waals surface area contributed by atoms with Crippen LogP contribution in [0.15, 0.2) is 52.9 Å². The van der Waals surface area contributed by atoms with Crippen LogP contribution in [0.5, 0.6) is 5.75 Å². The highest BCUT2D eigenvalue weighted by molar-refractivity contribution is 8.01. The van der Waals surface area contributed by atoms with Gasteiger partial charge in [0.1, 0.15) is 5.75 Å². The van der Waals surface area contributed by atoms with Gasteiger partial charge in [0, 0.05) is 12.5 Å². The van der Waals surface area contributed by atoms with E-state index in [1.807, 2.05) is 62.4 Å². The van der Waals surface area contributed by atoms with E-state index in [9.17, 15) is 9.59 Å². The Morgan fingerprint density at radius 2 is 2.03 bits per heavy atom. The number of hydrogen-bond acceptors (Lipinski definition) is 8. The molecule has 2 aromatic carbocycles. The molecule has 32 heavy (non-hydrogen) atoms. The van der Waals surface area contributed by atoms with Gasteiger partial charge in [-0.15, -0.1) is 10.2 Å². The standard InChI is InChI=1S/C22H23N5O3S2/c1-3-30-18-11-7-5-9-16(18)24-21-25-26-22(32-21)31-13-20(29)27-14(2)12-19(28)23-15-8-4-6-10-17(15)27/h4-11,14H,3,12-13H2,1-2H3,(H,23,28)(H,24,25). The number of amides is 2. The first-order chi connectivity index (χ1) is 15.5. The summed E-state index contributed by atoms with van der Waals surface area (Å²) in [5.74, 6) is 0.751. The summed E-state index contributed by atoms with van der Waals surface area (Å²) in [5, 5.41) is 15.1. The molecule has 1 atom stereocenters. The molecule has 3 aromatic rings. The minimum absolute atomic E-state index is 0.0853. The molecule has 1 unspecified atom stereocenters. The number of hydrogen-bond donors (Lipinski definition) is 2. The van der Waals surface area contributed by atoms with E-state index >= 15 is 0 Å². The molecule has 0 bridgehead atoms. The lowest BCUT2D eigenvalue weighted by molar-refractivity contribution is -0.117. The Morgan fingerprint density at radius 3 is 2.88 bits per heavy atom. The average molecular weight is 470 g/mol. The van der Waals surface area contributed by atoms with Gasteiger partial charge in [-0.25, -0.2) is 0 Å². The number of rotatable bonds is 7. The summed E-state index contributed by atoms with van der Waals surface area (Å²) in [6.45, 7) is 4.38. The molecular weight excluding hydrogens is 446 g/mol. The molecule has 1 aliphatic heterocycles. The summed E-state index contributed by atoms with van der Waals surface area (Å²) in [7, 11) is 0. The molecule has 10 heteroatoms. The van der Waals surface area contributed by atoms with Crippen molar-refractivity contribution in [1.82, 2.24) is 10.2 Å². The second kappa shape index (κ2) is 10.0. The first kappa shape index (κ1) is 22.1. The van der Waals surface area contributed by atoms with Crippen LogP contribution in [0.25, 0.3) is 0 Å². The molecule has 0 fully saturated rings. The van der Waals surface area contributed by atoms with E-state index < -0.39 is 0 Å². The third kappa shape index (κ3) is 5.03. The lowest BCUT2D eigenvalue weighted by Gasteiger charge is -2.27. The first-order valence-corrected chi connectivity index (χ1v) is 12.0. The molecule has 1 aromatic heterocycles. The summed E-state index contributed by atoms with van der Waals surface area (Å²) >= 11 is 2.70. The lowest BCUT2D eigenvalue weighted by atomic mass is 10.2. The average Bonchev–Trinajstić information content (AvgIpc) is 3.17. The van der Waals surface area contributed by atoms with E-state index in [4.69, 9.17) is 4.74 Å². The van der Waals surface area contributed by atoms with Crippen molar-refractivity contribution in [3.8, 4) is 5.75 Å². The molecule has 4 rings (SSSR count). The highest BCUT2D eigenvalue weighted by Crippen LogP contribution is 2.34. The van der Waals surface area contributed by atoms with Gasteiger partial charge in [-0.3, -0.25) is 9.59 Å². The maximum absolute atomic E-state index is 13.1. The van der Waals surface area contributed by atoms with Crippen LogP contribution in [0.4, 0.5) is 22.2 Å². The minimum atomic E-state index is -0.242. The van der Waals surface area contributed by atoms with Crippen LogP contribution in [-0.4, -0.2) is 40.4 Å². The van der Waals surface area contributed by atoms with Gasteiger partial charge in [0.2, 0.25) is 16.9 Å². The van der Waals surface area contributed by atoms with Crippen molar-refractivity contribution in [2.24, 2.45) is 0 Å². The van der Waals surface area contributed by atoms with Gasteiger partial charge in [-0.2, -0.15) is 0 Å². The zero-order valence-corrected chi connectivity index (χ0v) is 19.3. The molecular formula is C22H23N5O3S2. The van der Waals surface area contributed by atoms with Gasteiger partial charge in [-0.1, -0.05) is 47.4 Å². The van der Waals surface area contributed by atoms with Crippen molar-refractivity contribution in [3.05, 3.63) is 48.5 Å². The monoisotopic (exact) mass is 469 g/mol. The van der Waals surface area contributed by atoms with Crippen molar-refractivity contribution < 1.29 is 14.3 Å². The molecule has 2 heterocycles. The topological polar surface area (TPSA) is 96.4 Å². The number of fused-ring (bicyclic) bond motifs is 1. The predicted molar refractivity (Wildman–Crippen MR) is 128 cm³/mol. The Morgan fingerprint density at radius 1 is 1.25 bits per heavy atom. The largest absolute Gasteiger partial charge is 0.492 e. The number of carbonyl (C=O) groups excluding carboxylic acids is 2. The van der Waals surface area contributed by atoms with Crippen molar-refractivity contribution in [2.45, 2.75) is 30.6 Å². The van der Waals surface area contributed by atoms with E-state index in [1.54, 1.807) is 4.90 Å². The normalized spacial score (nSPS) is 15.5. The van der Waals surface area contributed by atoms with Crippen molar-refractivity contribution in [3.63, 3.8) is 0 Å². The van der Waals surface area contributed by atoms with Crippen LogP contribution in [0, 0.1) is 0 Å². The number of benzene rings is 2. The number of carbonyl (C=O) groups is 2. The molecule has 0 saturated heterocycles. The molecule has 2 N–H and O–H groups in total. The fourth-order valence-electron chi connectivity index (χ4n) is 3.45. The summed E-state index contributed by atoms with van der Waals surface area (Å²) in [6.07, 6.45) is 0.247. The number of nitrogens with zero attached hydrogens (tertiary/aromatic N) is 3. The van der Waals surface area contributed by atoms with E-state index in [2.05, 4.69) is 20.8 Å². The zero-order chi connectivity index (χ0) is 22.5. The van der Waals surface area contributed by atoms with Crippen LogP contribution < -0.4 is 20.3 Å². The van der Waals surface area contributed by atoms with E-state index in [1.165, 1.54) is 23.1 Å². The van der Waals surface area contributed by atoms with Gasteiger partial charge in [-0.05, 0) is 38.1 Å². The smallest absolute Gasteiger partial charge is 0.237 e. The van der Waals surface area contributed by atoms with E-state index in [0.29, 0.717) is 27.5 Å². The van der Waals surface area contributed by atoms with Gasteiger partial charge in [0.25, 0.3) is 0 Å². The van der Waals surface area contributed by atoms with Crippen LogP contribution in [0.1, 0.15) is 20.3 Å². The number of aromatic nitrogens is 2. The summed E-state index contributed by atoms with van der Waals surface area (Å²) in [6, 6.07) is 14.7. The highest BCUT2D eigenvalue weighted by atomic mass is 32.2. The van der Waals surface area contributed by atoms with Crippen molar-refractivity contribution >= 4 is 57.1 Å². The molecule has 0 aliphatic carbocycles. The van der Waals surface area contributed by atoms with Gasteiger partial charge in [0.05, 0.1) is 29.4 Å². The number of para-hydroxylation sites is 4. The third-order valence-electron chi connectivity index (χ3n) is 4.78. The molecule has 0 spiro atoms. The summed E-state index contributed by atoms with van der Waals surface area (Å²) in [4.78, 5) is 26.9. The molecule has 2 amide bonds. The van der Waals surface area contributed by atoms with Gasteiger partial charge >= 0.3 is 0 Å². The van der Waals surface area contributed by atoms with Crippen LogP contribution in [0.2, 0.25) is 0 Å². The fraction of sp³-hybridized carbons (Fsp3) is 0.273. The van der Waals surface area contributed by atoms with E-state index in [0.717, 1.165) is 11.4 Å². The molecule has 0 radical (unpaired) electrons. The molecule has 1 aliphatic rings. The van der Waals surface area contributed by atoms with Gasteiger partial charge in [0.15, 0.2) is 4.34 Å².